The first kappa shape index (κ1) is 15.3. The fraction of sp³-hybridized carbons (Fsp3) is 0.118. The molecule has 0 spiro atoms. The fourth-order valence-electron chi connectivity index (χ4n) is 2.42. The van der Waals surface area contributed by atoms with Gasteiger partial charge in [0.1, 0.15) is 6.10 Å². The Morgan fingerprint density at radius 3 is 2.43 bits per heavy atom. The normalized spacial score (nSPS) is 13.2. The van der Waals surface area contributed by atoms with Crippen molar-refractivity contribution in [2.24, 2.45) is 0 Å². The number of alkyl halides is 3. The number of rotatable bonds is 2. The second kappa shape index (κ2) is 5.55. The Hall–Kier alpha value is -2.60. The number of fused-ring (bicyclic) bond motifs is 1. The summed E-state index contributed by atoms with van der Waals surface area (Å²) in [5.41, 5.74) is 0.146. The first-order chi connectivity index (χ1) is 10.8. The van der Waals surface area contributed by atoms with Crippen LogP contribution >= 0.6 is 0 Å². The standard InChI is InChI=1S/C17H12F3NO2/c18-17(19,20)13-3-1-2-11(9-13)16(23)12-4-6-14-10(8-12)5-7-15(22)21-14/h1-9,16,23H,(H,21,22). The van der Waals surface area contributed by atoms with E-state index in [0.29, 0.717) is 16.5 Å². The Morgan fingerprint density at radius 2 is 1.70 bits per heavy atom. The van der Waals surface area contributed by atoms with Gasteiger partial charge in [0.2, 0.25) is 5.56 Å². The predicted octanol–water partition coefficient (Wildman–Crippen LogP) is 3.63. The summed E-state index contributed by atoms with van der Waals surface area (Å²) >= 11 is 0. The molecule has 1 atom stereocenters. The third-order valence-corrected chi connectivity index (χ3v) is 3.59. The van der Waals surface area contributed by atoms with Gasteiger partial charge in [-0.3, -0.25) is 4.79 Å². The van der Waals surface area contributed by atoms with E-state index >= 15 is 0 Å². The van der Waals surface area contributed by atoms with Gasteiger partial charge < -0.3 is 10.1 Å². The SMILES string of the molecule is O=c1ccc2cc(C(O)c3cccc(C(F)(F)F)c3)ccc2[nH]1. The molecule has 0 saturated carbocycles. The van der Waals surface area contributed by atoms with Crippen LogP contribution < -0.4 is 5.56 Å². The molecule has 3 rings (SSSR count). The molecule has 0 aliphatic heterocycles. The molecule has 0 amide bonds. The van der Waals surface area contributed by atoms with Crippen LogP contribution in [0.2, 0.25) is 0 Å². The Balaban J connectivity index is 2.01. The van der Waals surface area contributed by atoms with Crippen LogP contribution in [0, 0.1) is 0 Å². The quantitative estimate of drug-likeness (QED) is 0.758. The van der Waals surface area contributed by atoms with E-state index in [1.165, 1.54) is 18.2 Å². The highest BCUT2D eigenvalue weighted by atomic mass is 19.4. The van der Waals surface area contributed by atoms with Crippen LogP contribution in [0.4, 0.5) is 13.2 Å². The molecule has 2 aromatic carbocycles. The molecule has 0 bridgehead atoms. The highest BCUT2D eigenvalue weighted by molar-refractivity contribution is 5.79. The molecular formula is C17H12F3NO2. The molecule has 1 heterocycles. The van der Waals surface area contributed by atoms with Gasteiger partial charge in [-0.2, -0.15) is 13.2 Å². The van der Waals surface area contributed by atoms with Crippen LogP contribution in [0.3, 0.4) is 0 Å². The summed E-state index contributed by atoms with van der Waals surface area (Å²) in [7, 11) is 0. The summed E-state index contributed by atoms with van der Waals surface area (Å²) in [6.45, 7) is 0. The Bertz CT molecular complexity index is 915. The molecule has 3 nitrogen and oxygen atoms in total. The van der Waals surface area contributed by atoms with Crippen LogP contribution in [0.25, 0.3) is 10.9 Å². The number of hydrogen-bond acceptors (Lipinski definition) is 2. The van der Waals surface area contributed by atoms with Gasteiger partial charge in [0.25, 0.3) is 0 Å². The summed E-state index contributed by atoms with van der Waals surface area (Å²) in [6.07, 6.45) is -5.65. The second-order valence-corrected chi connectivity index (χ2v) is 5.20. The van der Waals surface area contributed by atoms with Gasteiger partial charge in [-0.15, -0.1) is 0 Å². The molecule has 0 saturated heterocycles. The fourth-order valence-corrected chi connectivity index (χ4v) is 2.42. The smallest absolute Gasteiger partial charge is 0.384 e. The lowest BCUT2D eigenvalue weighted by molar-refractivity contribution is -0.137. The number of pyridine rings is 1. The molecule has 1 aromatic heterocycles. The number of aromatic amines is 1. The number of aliphatic hydroxyl groups is 1. The Labute approximate surface area is 129 Å². The van der Waals surface area contributed by atoms with Gasteiger partial charge in [-0.25, -0.2) is 0 Å². The first-order valence-electron chi connectivity index (χ1n) is 6.83. The van der Waals surface area contributed by atoms with Gasteiger partial charge in [-0.05, 0) is 46.8 Å². The van der Waals surface area contributed by atoms with Crippen LogP contribution in [0.15, 0.2) is 59.4 Å². The Kier molecular flexibility index (Phi) is 3.69. The van der Waals surface area contributed by atoms with E-state index in [2.05, 4.69) is 4.98 Å². The van der Waals surface area contributed by atoms with E-state index < -0.39 is 17.8 Å². The minimum atomic E-state index is -4.46. The number of aliphatic hydroxyl groups excluding tert-OH is 1. The Morgan fingerprint density at radius 1 is 0.957 bits per heavy atom. The number of aromatic nitrogens is 1. The van der Waals surface area contributed by atoms with Crippen LogP contribution in [-0.4, -0.2) is 10.1 Å². The lowest BCUT2D eigenvalue weighted by Gasteiger charge is -2.14. The minimum Gasteiger partial charge on any atom is -0.384 e. The zero-order valence-corrected chi connectivity index (χ0v) is 11.8. The molecule has 0 aliphatic carbocycles. The molecule has 0 radical (unpaired) electrons. The molecule has 2 N–H and O–H groups in total. The van der Waals surface area contributed by atoms with E-state index in [1.807, 2.05) is 0 Å². The predicted molar refractivity (Wildman–Crippen MR) is 80.1 cm³/mol. The third-order valence-electron chi connectivity index (χ3n) is 3.59. The summed E-state index contributed by atoms with van der Waals surface area (Å²) in [4.78, 5) is 13.9. The van der Waals surface area contributed by atoms with Crippen molar-refractivity contribution in [2.75, 3.05) is 0 Å². The van der Waals surface area contributed by atoms with E-state index in [9.17, 15) is 23.1 Å². The third kappa shape index (κ3) is 3.12. The average molecular weight is 319 g/mol. The molecule has 0 aliphatic rings. The van der Waals surface area contributed by atoms with Gasteiger partial charge in [-0.1, -0.05) is 18.2 Å². The average Bonchev–Trinajstić information content (AvgIpc) is 2.53. The number of H-pyrrole nitrogens is 1. The number of nitrogens with one attached hydrogen (secondary N) is 1. The molecule has 0 fully saturated rings. The monoisotopic (exact) mass is 319 g/mol. The highest BCUT2D eigenvalue weighted by Gasteiger charge is 2.31. The van der Waals surface area contributed by atoms with Gasteiger partial charge in [0.15, 0.2) is 0 Å². The number of halogens is 3. The summed E-state index contributed by atoms with van der Waals surface area (Å²) in [5.74, 6) is 0. The zero-order valence-electron chi connectivity index (χ0n) is 11.8. The molecule has 3 aromatic rings. The van der Waals surface area contributed by atoms with Crippen molar-refractivity contribution >= 4 is 10.9 Å². The number of benzene rings is 2. The maximum Gasteiger partial charge on any atom is 0.416 e. The van der Waals surface area contributed by atoms with Crippen LogP contribution in [0.1, 0.15) is 22.8 Å². The lowest BCUT2D eigenvalue weighted by atomic mass is 9.98. The summed E-state index contributed by atoms with van der Waals surface area (Å²) in [5, 5.41) is 11.0. The van der Waals surface area contributed by atoms with Gasteiger partial charge in [0.05, 0.1) is 5.56 Å². The van der Waals surface area contributed by atoms with Crippen molar-refractivity contribution in [3.05, 3.63) is 81.6 Å². The van der Waals surface area contributed by atoms with Crippen molar-refractivity contribution in [2.45, 2.75) is 12.3 Å². The first-order valence-corrected chi connectivity index (χ1v) is 6.83. The van der Waals surface area contributed by atoms with Crippen LogP contribution in [-0.2, 0) is 6.18 Å². The lowest BCUT2D eigenvalue weighted by Crippen LogP contribution is -2.07. The minimum absolute atomic E-state index is 0.156. The highest BCUT2D eigenvalue weighted by Crippen LogP contribution is 2.32. The zero-order chi connectivity index (χ0) is 16.6. The van der Waals surface area contributed by atoms with Gasteiger partial charge in [0, 0.05) is 11.6 Å². The molecular weight excluding hydrogens is 307 g/mol. The maximum atomic E-state index is 12.8. The largest absolute Gasteiger partial charge is 0.416 e. The topological polar surface area (TPSA) is 53.1 Å². The molecule has 23 heavy (non-hydrogen) atoms. The van der Waals surface area contributed by atoms with Crippen molar-refractivity contribution in [3.63, 3.8) is 0 Å². The maximum absolute atomic E-state index is 12.8. The molecule has 118 valence electrons. The van der Waals surface area contributed by atoms with E-state index in [1.54, 1.807) is 24.3 Å². The number of hydrogen-bond donors (Lipinski definition) is 2. The van der Waals surface area contributed by atoms with Crippen molar-refractivity contribution in [3.8, 4) is 0 Å². The van der Waals surface area contributed by atoms with Crippen molar-refractivity contribution in [1.82, 2.24) is 4.98 Å². The van der Waals surface area contributed by atoms with E-state index in [0.717, 1.165) is 12.1 Å². The second-order valence-electron chi connectivity index (χ2n) is 5.20. The van der Waals surface area contributed by atoms with Gasteiger partial charge >= 0.3 is 6.18 Å². The van der Waals surface area contributed by atoms with E-state index in [-0.39, 0.29) is 11.1 Å². The summed E-state index contributed by atoms with van der Waals surface area (Å²) in [6, 6.07) is 12.4. The summed E-state index contributed by atoms with van der Waals surface area (Å²) < 4.78 is 38.3. The van der Waals surface area contributed by atoms with Crippen LogP contribution in [0.5, 0.6) is 0 Å². The van der Waals surface area contributed by atoms with Crippen molar-refractivity contribution in [1.29, 1.82) is 0 Å². The van der Waals surface area contributed by atoms with E-state index in [4.69, 9.17) is 0 Å². The molecule has 6 heteroatoms. The van der Waals surface area contributed by atoms with Crippen molar-refractivity contribution < 1.29 is 18.3 Å². The molecule has 1 unspecified atom stereocenters.